The third-order valence-corrected chi connectivity index (χ3v) is 6.21. The molecule has 0 atom stereocenters. The van der Waals surface area contributed by atoms with Crippen molar-refractivity contribution in [1.82, 2.24) is 19.8 Å². The average Bonchev–Trinajstić information content (AvgIpc) is 3.11. The molecule has 0 bridgehead atoms. The molecule has 9 heteroatoms. The second-order valence-corrected chi connectivity index (χ2v) is 8.65. The number of hydrogen-bond donors (Lipinski definition) is 1. The van der Waals surface area contributed by atoms with Crippen LogP contribution in [-0.4, -0.2) is 50.6 Å². The van der Waals surface area contributed by atoms with E-state index in [-0.39, 0.29) is 18.6 Å². The lowest BCUT2D eigenvalue weighted by atomic mass is 9.93. The van der Waals surface area contributed by atoms with Crippen molar-refractivity contribution in [3.63, 3.8) is 0 Å². The molecular weight excluding hydrogens is 402 g/mol. The van der Waals surface area contributed by atoms with Gasteiger partial charge < -0.3 is 20.2 Å². The summed E-state index contributed by atoms with van der Waals surface area (Å²) in [5, 5.41) is 8.73. The maximum Gasteiger partial charge on any atom is 0.233 e. The fraction of sp³-hybridized carbons (Fsp3) is 0.571. The monoisotopic (exact) mass is 433 g/mol. The molecule has 30 heavy (non-hydrogen) atoms. The number of carbonyl (C=O) groups is 1. The summed E-state index contributed by atoms with van der Waals surface area (Å²) in [4.78, 5) is 15.0. The largest absolute Gasteiger partial charge is 0.497 e. The average molecular weight is 434 g/mol. The number of nitrogen functional groups attached to an aromatic ring is 1. The number of rotatable bonds is 9. The zero-order valence-electron chi connectivity index (χ0n) is 17.9. The van der Waals surface area contributed by atoms with Crippen molar-refractivity contribution in [3.8, 4) is 11.5 Å². The molecule has 1 heterocycles. The van der Waals surface area contributed by atoms with E-state index in [0.717, 1.165) is 12.8 Å². The molecule has 2 N–H and O–H groups in total. The summed E-state index contributed by atoms with van der Waals surface area (Å²) in [7, 11) is 1.61. The van der Waals surface area contributed by atoms with Crippen molar-refractivity contribution >= 4 is 17.7 Å². The van der Waals surface area contributed by atoms with Crippen molar-refractivity contribution < 1.29 is 14.3 Å². The van der Waals surface area contributed by atoms with Crippen molar-refractivity contribution in [1.29, 1.82) is 0 Å². The van der Waals surface area contributed by atoms with E-state index in [0.29, 0.717) is 34.3 Å². The number of aromatic nitrogens is 3. The summed E-state index contributed by atoms with van der Waals surface area (Å²) >= 11 is 1.31. The van der Waals surface area contributed by atoms with Gasteiger partial charge >= 0.3 is 0 Å². The van der Waals surface area contributed by atoms with E-state index < -0.39 is 0 Å². The summed E-state index contributed by atoms with van der Waals surface area (Å²) in [5.74, 6) is 8.40. The van der Waals surface area contributed by atoms with Crippen LogP contribution in [0.15, 0.2) is 29.4 Å². The van der Waals surface area contributed by atoms with Crippen LogP contribution in [0.25, 0.3) is 0 Å². The second-order valence-electron chi connectivity index (χ2n) is 7.71. The second kappa shape index (κ2) is 10.6. The smallest absolute Gasteiger partial charge is 0.233 e. The van der Waals surface area contributed by atoms with Crippen LogP contribution in [0.3, 0.4) is 0 Å². The van der Waals surface area contributed by atoms with Crippen molar-refractivity contribution in [2.75, 3.05) is 18.7 Å². The van der Waals surface area contributed by atoms with Crippen molar-refractivity contribution in [3.05, 3.63) is 30.1 Å². The van der Waals surface area contributed by atoms with E-state index >= 15 is 0 Å². The van der Waals surface area contributed by atoms with Crippen LogP contribution in [0, 0.1) is 0 Å². The first kappa shape index (κ1) is 22.3. The molecule has 1 aliphatic carbocycles. The third-order valence-electron chi connectivity index (χ3n) is 5.28. The number of hydrogen-bond acceptors (Lipinski definition) is 7. The Morgan fingerprint density at radius 3 is 2.70 bits per heavy atom. The van der Waals surface area contributed by atoms with Crippen LogP contribution in [0.1, 0.15) is 51.8 Å². The minimum Gasteiger partial charge on any atom is -0.497 e. The number of ether oxygens (including phenoxy) is 2. The van der Waals surface area contributed by atoms with Crippen LogP contribution in [0.4, 0.5) is 0 Å². The SMILES string of the molecule is COc1cccc(OCc2nnc(SCC(=O)N(C(C)C)C3CCCCC3)n2N)c1. The normalized spacial score (nSPS) is 14.7. The quantitative estimate of drug-likeness (QED) is 0.479. The molecular formula is C21H31N5O3S. The van der Waals surface area contributed by atoms with Gasteiger partial charge in [-0.05, 0) is 38.8 Å². The lowest BCUT2D eigenvalue weighted by molar-refractivity contribution is -0.133. The van der Waals surface area contributed by atoms with Crippen LogP contribution in [-0.2, 0) is 11.4 Å². The molecule has 0 unspecified atom stereocenters. The lowest BCUT2D eigenvalue weighted by Gasteiger charge is -2.37. The molecule has 164 valence electrons. The Morgan fingerprint density at radius 2 is 2.00 bits per heavy atom. The van der Waals surface area contributed by atoms with Gasteiger partial charge in [0.15, 0.2) is 5.82 Å². The fourth-order valence-electron chi connectivity index (χ4n) is 3.82. The maximum absolute atomic E-state index is 12.9. The number of amides is 1. The van der Waals surface area contributed by atoms with Crippen LogP contribution in [0.5, 0.6) is 11.5 Å². The first-order chi connectivity index (χ1) is 14.5. The zero-order valence-corrected chi connectivity index (χ0v) is 18.7. The highest BCUT2D eigenvalue weighted by Gasteiger charge is 2.27. The first-order valence-electron chi connectivity index (χ1n) is 10.4. The Labute approximate surface area is 182 Å². The Balaban J connectivity index is 1.56. The molecule has 1 aromatic carbocycles. The van der Waals surface area contributed by atoms with Crippen LogP contribution < -0.4 is 15.3 Å². The molecule has 3 rings (SSSR count). The number of thioether (sulfide) groups is 1. The molecule has 8 nitrogen and oxygen atoms in total. The molecule has 1 aliphatic rings. The lowest BCUT2D eigenvalue weighted by Crippen LogP contribution is -2.46. The first-order valence-corrected chi connectivity index (χ1v) is 11.4. The molecule has 1 amide bonds. The van der Waals surface area contributed by atoms with Gasteiger partial charge in [0.1, 0.15) is 18.1 Å². The van der Waals surface area contributed by atoms with E-state index in [4.69, 9.17) is 15.3 Å². The summed E-state index contributed by atoms with van der Waals surface area (Å²) in [6.07, 6.45) is 5.84. The minimum atomic E-state index is 0.124. The predicted molar refractivity (Wildman–Crippen MR) is 117 cm³/mol. The Bertz CT molecular complexity index is 836. The Hall–Kier alpha value is -2.42. The maximum atomic E-state index is 12.9. The zero-order chi connectivity index (χ0) is 21.5. The number of benzene rings is 1. The van der Waals surface area contributed by atoms with E-state index in [9.17, 15) is 4.79 Å². The van der Waals surface area contributed by atoms with Gasteiger partial charge in [-0.25, -0.2) is 4.68 Å². The van der Waals surface area contributed by atoms with E-state index in [1.807, 2.05) is 23.1 Å². The van der Waals surface area contributed by atoms with Gasteiger partial charge in [-0.15, -0.1) is 10.2 Å². The number of nitrogens with zero attached hydrogens (tertiary/aromatic N) is 4. The highest BCUT2D eigenvalue weighted by atomic mass is 32.2. The van der Waals surface area contributed by atoms with E-state index in [2.05, 4.69) is 24.0 Å². The topological polar surface area (TPSA) is 95.5 Å². The molecule has 1 fully saturated rings. The number of carbonyl (C=O) groups excluding carboxylic acids is 1. The summed E-state index contributed by atoms with van der Waals surface area (Å²) in [5.41, 5.74) is 0. The van der Waals surface area contributed by atoms with Crippen LogP contribution >= 0.6 is 11.8 Å². The standard InChI is InChI=1S/C21H31N5O3S/c1-15(2)25(16-8-5-4-6-9-16)20(27)14-30-21-24-23-19(26(21)22)13-29-18-11-7-10-17(12-18)28-3/h7,10-12,15-16H,4-6,8-9,13-14,22H2,1-3H3. The van der Waals surface area contributed by atoms with Gasteiger partial charge in [-0.3, -0.25) is 4.79 Å². The van der Waals surface area contributed by atoms with E-state index in [1.165, 1.54) is 35.7 Å². The van der Waals surface area contributed by atoms with Gasteiger partial charge in [0, 0.05) is 18.2 Å². The molecule has 0 radical (unpaired) electrons. The van der Waals surface area contributed by atoms with Gasteiger partial charge in [0.2, 0.25) is 11.1 Å². The molecule has 2 aromatic rings. The van der Waals surface area contributed by atoms with Gasteiger partial charge in [0.05, 0.1) is 12.9 Å². The predicted octanol–water partition coefficient (Wildman–Crippen LogP) is 3.24. The third kappa shape index (κ3) is 5.59. The summed E-state index contributed by atoms with van der Waals surface area (Å²) in [6.45, 7) is 4.33. The van der Waals surface area contributed by atoms with Gasteiger partial charge in [-0.2, -0.15) is 0 Å². The molecule has 0 spiro atoms. The van der Waals surface area contributed by atoms with Crippen LogP contribution in [0.2, 0.25) is 0 Å². The summed E-state index contributed by atoms with van der Waals surface area (Å²) < 4.78 is 12.3. The van der Waals surface area contributed by atoms with Crippen molar-refractivity contribution in [2.24, 2.45) is 0 Å². The minimum absolute atomic E-state index is 0.124. The number of nitrogens with two attached hydrogens (primary N) is 1. The Morgan fingerprint density at radius 1 is 1.27 bits per heavy atom. The summed E-state index contributed by atoms with van der Waals surface area (Å²) in [6, 6.07) is 7.84. The number of methoxy groups -OCH3 is 1. The Kier molecular flexibility index (Phi) is 7.84. The molecule has 0 saturated heterocycles. The highest BCUT2D eigenvalue weighted by molar-refractivity contribution is 7.99. The van der Waals surface area contributed by atoms with Crippen molar-refractivity contribution in [2.45, 2.75) is 69.8 Å². The van der Waals surface area contributed by atoms with Gasteiger partial charge in [-0.1, -0.05) is 37.1 Å². The fourth-order valence-corrected chi connectivity index (χ4v) is 4.56. The molecule has 0 aliphatic heterocycles. The molecule has 1 aromatic heterocycles. The molecule has 1 saturated carbocycles. The van der Waals surface area contributed by atoms with Gasteiger partial charge in [0.25, 0.3) is 0 Å². The highest BCUT2D eigenvalue weighted by Crippen LogP contribution is 2.26. The van der Waals surface area contributed by atoms with E-state index in [1.54, 1.807) is 13.2 Å².